The number of nitrogens with two attached hydrogens (primary N) is 1. The van der Waals surface area contributed by atoms with Gasteiger partial charge in [-0.05, 0) is 25.3 Å². The van der Waals surface area contributed by atoms with E-state index in [1.165, 1.54) is 0 Å². The van der Waals surface area contributed by atoms with E-state index in [-0.39, 0.29) is 40.7 Å². The molecule has 4 N–H and O–H groups in total. The lowest BCUT2D eigenvalue weighted by Gasteiger charge is -2.34. The van der Waals surface area contributed by atoms with Gasteiger partial charge in [0.2, 0.25) is 0 Å². The normalized spacial score (nSPS) is 22.0. The van der Waals surface area contributed by atoms with Crippen LogP contribution in [-0.2, 0) is 14.8 Å². The number of halogens is 2. The number of rotatable bonds is 5. The average molecular weight is 423 g/mol. The van der Waals surface area contributed by atoms with Crippen molar-refractivity contribution in [2.45, 2.75) is 47.8 Å². The minimum absolute atomic E-state index is 0.0891. The molecule has 1 aliphatic heterocycles. The topological polar surface area (TPSA) is 130 Å². The van der Waals surface area contributed by atoms with E-state index < -0.39 is 46.2 Å². The van der Waals surface area contributed by atoms with Gasteiger partial charge in [0.1, 0.15) is 14.8 Å². The Balaban J connectivity index is 1.86. The summed E-state index contributed by atoms with van der Waals surface area (Å²) in [5, 5.41) is 12.3. The zero-order valence-corrected chi connectivity index (χ0v) is 15.8. The predicted molar refractivity (Wildman–Crippen MR) is 93.2 cm³/mol. The first-order valence-electron chi connectivity index (χ1n) is 8.30. The zero-order chi connectivity index (χ0) is 20.0. The van der Waals surface area contributed by atoms with Crippen LogP contribution < -0.4 is 11.1 Å². The van der Waals surface area contributed by atoms with Gasteiger partial charge in [0.15, 0.2) is 0 Å². The molecule has 0 aromatic carbocycles. The smallest absolute Gasteiger partial charge is 0.256 e. The van der Waals surface area contributed by atoms with Crippen LogP contribution in [0.1, 0.15) is 42.5 Å². The molecule has 3 rings (SSSR count). The SMILES string of the molecule is NC(=O)c1cc(S(=O)(=O)N2CCC(F)(F)CC2)sc1NC(=O)C1(O)CCC1. The number of piperidine rings is 1. The third-order valence-electron chi connectivity index (χ3n) is 4.85. The number of primary amides is 1. The first-order valence-corrected chi connectivity index (χ1v) is 10.6. The van der Waals surface area contributed by atoms with E-state index in [0.29, 0.717) is 17.8 Å². The number of thiophene rings is 1. The molecule has 2 fully saturated rings. The van der Waals surface area contributed by atoms with Crippen LogP contribution in [0.5, 0.6) is 0 Å². The second-order valence-corrected chi connectivity index (χ2v) is 9.99. The molecule has 0 radical (unpaired) electrons. The van der Waals surface area contributed by atoms with Crippen LogP contribution >= 0.6 is 11.3 Å². The summed E-state index contributed by atoms with van der Waals surface area (Å²) in [6, 6.07) is 1.02. The van der Waals surface area contributed by atoms with Crippen LogP contribution in [-0.4, -0.2) is 54.3 Å². The Morgan fingerprint density at radius 1 is 1.22 bits per heavy atom. The highest BCUT2D eigenvalue weighted by atomic mass is 32.2. The van der Waals surface area contributed by atoms with Crippen molar-refractivity contribution in [1.82, 2.24) is 4.31 Å². The third kappa shape index (κ3) is 3.84. The molecule has 0 unspecified atom stereocenters. The number of amides is 2. The molecule has 27 heavy (non-hydrogen) atoms. The van der Waals surface area contributed by atoms with Gasteiger partial charge in [-0.15, -0.1) is 11.3 Å². The fourth-order valence-corrected chi connectivity index (χ4v) is 5.87. The molecule has 1 saturated carbocycles. The first-order chi connectivity index (χ1) is 12.4. The number of carbonyl (C=O) groups is 2. The Labute approximate surface area is 158 Å². The highest BCUT2D eigenvalue weighted by Crippen LogP contribution is 2.38. The van der Waals surface area contributed by atoms with Gasteiger partial charge in [-0.25, -0.2) is 17.2 Å². The van der Waals surface area contributed by atoms with E-state index in [1.807, 2.05) is 0 Å². The Morgan fingerprint density at radius 2 is 1.81 bits per heavy atom. The quantitative estimate of drug-likeness (QED) is 0.653. The lowest BCUT2D eigenvalue weighted by atomic mass is 9.79. The fourth-order valence-electron chi connectivity index (χ4n) is 2.91. The highest BCUT2D eigenvalue weighted by molar-refractivity contribution is 7.91. The summed E-state index contributed by atoms with van der Waals surface area (Å²) in [6.07, 6.45) is 0.0383. The van der Waals surface area contributed by atoms with Crippen LogP contribution in [0.2, 0.25) is 0 Å². The number of hydrogen-bond acceptors (Lipinski definition) is 6. The van der Waals surface area contributed by atoms with Crippen LogP contribution in [0.15, 0.2) is 10.3 Å². The monoisotopic (exact) mass is 423 g/mol. The minimum Gasteiger partial charge on any atom is -0.380 e. The van der Waals surface area contributed by atoms with Crippen LogP contribution in [0.4, 0.5) is 13.8 Å². The van der Waals surface area contributed by atoms with E-state index in [2.05, 4.69) is 5.32 Å². The predicted octanol–water partition coefficient (Wildman–Crippen LogP) is 1.12. The molecule has 2 heterocycles. The maximum absolute atomic E-state index is 13.3. The molecule has 1 aromatic heterocycles. The second-order valence-electron chi connectivity index (χ2n) is 6.77. The number of nitrogens with zero attached hydrogens (tertiary/aromatic N) is 1. The van der Waals surface area contributed by atoms with Crippen molar-refractivity contribution in [3.63, 3.8) is 0 Å². The molecule has 1 saturated heterocycles. The largest absolute Gasteiger partial charge is 0.380 e. The number of anilines is 1. The minimum atomic E-state index is -4.11. The molecule has 2 amide bonds. The van der Waals surface area contributed by atoms with Gasteiger partial charge in [-0.1, -0.05) is 0 Å². The number of alkyl halides is 2. The van der Waals surface area contributed by atoms with Crippen molar-refractivity contribution >= 4 is 38.2 Å². The van der Waals surface area contributed by atoms with Gasteiger partial charge >= 0.3 is 0 Å². The molecular weight excluding hydrogens is 404 g/mol. The molecular formula is C15H19F2N3O5S2. The summed E-state index contributed by atoms with van der Waals surface area (Å²) < 4.78 is 52.6. The van der Waals surface area contributed by atoms with Crippen molar-refractivity contribution in [2.24, 2.45) is 5.73 Å². The Bertz CT molecular complexity index is 870. The lowest BCUT2D eigenvalue weighted by molar-refractivity contribution is -0.142. The molecule has 1 aliphatic carbocycles. The van der Waals surface area contributed by atoms with E-state index in [4.69, 9.17) is 5.73 Å². The van der Waals surface area contributed by atoms with Crippen molar-refractivity contribution in [1.29, 1.82) is 0 Å². The second kappa shape index (κ2) is 6.76. The van der Waals surface area contributed by atoms with Crippen LogP contribution in [0.25, 0.3) is 0 Å². The van der Waals surface area contributed by atoms with Crippen molar-refractivity contribution in [2.75, 3.05) is 18.4 Å². The highest BCUT2D eigenvalue weighted by Gasteiger charge is 2.43. The maximum atomic E-state index is 13.3. The maximum Gasteiger partial charge on any atom is 0.256 e. The number of nitrogens with one attached hydrogen (secondary N) is 1. The molecule has 0 spiro atoms. The Morgan fingerprint density at radius 3 is 2.30 bits per heavy atom. The van der Waals surface area contributed by atoms with Gasteiger partial charge in [-0.2, -0.15) is 4.31 Å². The number of hydrogen-bond donors (Lipinski definition) is 3. The van der Waals surface area contributed by atoms with Crippen LogP contribution in [0, 0.1) is 0 Å². The third-order valence-corrected chi connectivity index (χ3v) is 8.25. The summed E-state index contributed by atoms with van der Waals surface area (Å²) >= 11 is 0.606. The van der Waals surface area contributed by atoms with Gasteiger partial charge in [0.25, 0.3) is 27.8 Å². The standard InChI is InChI=1S/C15H19F2N3O5S2/c16-15(17)4-6-20(7-5-15)27(24,25)10-8-9(11(18)21)12(26-10)19-13(22)14(23)2-1-3-14/h8,23H,1-7H2,(H2,18,21)(H,19,22). The van der Waals surface area contributed by atoms with Gasteiger partial charge in [0, 0.05) is 25.9 Å². The number of carbonyl (C=O) groups excluding carboxylic acids is 2. The lowest BCUT2D eigenvalue weighted by Crippen LogP contribution is -2.48. The zero-order valence-electron chi connectivity index (χ0n) is 14.2. The molecule has 0 atom stereocenters. The van der Waals surface area contributed by atoms with Gasteiger partial charge in [-0.3, -0.25) is 9.59 Å². The van der Waals surface area contributed by atoms with E-state index in [0.717, 1.165) is 10.4 Å². The van der Waals surface area contributed by atoms with E-state index in [9.17, 15) is 31.9 Å². The molecule has 8 nitrogen and oxygen atoms in total. The van der Waals surface area contributed by atoms with Crippen molar-refractivity contribution in [3.05, 3.63) is 11.6 Å². The van der Waals surface area contributed by atoms with E-state index in [1.54, 1.807) is 0 Å². The summed E-state index contributed by atoms with van der Waals surface area (Å²) in [5.74, 6) is -4.59. The number of sulfonamides is 1. The Kier molecular flexibility index (Phi) is 5.04. The van der Waals surface area contributed by atoms with Gasteiger partial charge in [0.05, 0.1) is 5.56 Å². The average Bonchev–Trinajstić information content (AvgIpc) is 2.97. The molecule has 2 aliphatic rings. The molecule has 12 heteroatoms. The van der Waals surface area contributed by atoms with Crippen molar-refractivity contribution < 1.29 is 31.9 Å². The molecule has 0 bridgehead atoms. The molecule has 1 aromatic rings. The first kappa shape index (κ1) is 20.1. The Hall–Kier alpha value is -1.63. The summed E-state index contributed by atoms with van der Waals surface area (Å²) in [7, 11) is -4.11. The summed E-state index contributed by atoms with van der Waals surface area (Å²) in [4.78, 5) is 23.8. The van der Waals surface area contributed by atoms with Crippen molar-refractivity contribution in [3.8, 4) is 0 Å². The van der Waals surface area contributed by atoms with Gasteiger partial charge < -0.3 is 16.2 Å². The van der Waals surface area contributed by atoms with Crippen LogP contribution in [0.3, 0.4) is 0 Å². The summed E-state index contributed by atoms with van der Waals surface area (Å²) in [6.45, 7) is -0.693. The fraction of sp³-hybridized carbons (Fsp3) is 0.600. The number of aliphatic hydroxyl groups is 1. The summed E-state index contributed by atoms with van der Waals surface area (Å²) in [5.41, 5.74) is 3.51. The van der Waals surface area contributed by atoms with E-state index >= 15 is 0 Å². The molecule has 150 valence electrons.